The highest BCUT2D eigenvalue weighted by atomic mass is 16.2. The van der Waals surface area contributed by atoms with Crippen molar-refractivity contribution < 1.29 is 9.59 Å². The van der Waals surface area contributed by atoms with Crippen molar-refractivity contribution in [1.82, 2.24) is 24.5 Å². The highest BCUT2D eigenvalue weighted by Crippen LogP contribution is 2.33. The van der Waals surface area contributed by atoms with Crippen molar-refractivity contribution in [2.45, 2.75) is 32.4 Å². The normalized spacial score (nSPS) is 16.1. The van der Waals surface area contributed by atoms with Gasteiger partial charge in [0.2, 0.25) is 0 Å². The number of rotatable bonds is 4. The van der Waals surface area contributed by atoms with E-state index in [1.54, 1.807) is 19.0 Å². The fourth-order valence-electron chi connectivity index (χ4n) is 3.96. The average molecular weight is 406 g/mol. The summed E-state index contributed by atoms with van der Waals surface area (Å²) in [5, 5.41) is 2.98. The van der Waals surface area contributed by atoms with Gasteiger partial charge in [0.05, 0.1) is 11.6 Å². The third kappa shape index (κ3) is 3.75. The first-order chi connectivity index (χ1) is 14.5. The third-order valence-electron chi connectivity index (χ3n) is 5.54. The summed E-state index contributed by atoms with van der Waals surface area (Å²) in [4.78, 5) is 33.8. The van der Waals surface area contributed by atoms with Gasteiger partial charge in [-0.05, 0) is 37.5 Å². The number of likely N-dealkylation sites (tertiary alicyclic amines) is 1. The van der Waals surface area contributed by atoms with Gasteiger partial charge in [0.25, 0.3) is 5.91 Å². The quantitative estimate of drug-likeness (QED) is 0.723. The van der Waals surface area contributed by atoms with Crippen molar-refractivity contribution in [3.05, 3.63) is 71.3 Å². The lowest BCUT2D eigenvalue weighted by Crippen LogP contribution is -2.39. The Morgan fingerprint density at radius 1 is 1.17 bits per heavy atom. The summed E-state index contributed by atoms with van der Waals surface area (Å²) in [6.07, 6.45) is 3.66. The summed E-state index contributed by atoms with van der Waals surface area (Å²) in [5.74, 6) is 0.521. The number of hydrogen-bond acceptors (Lipinski definition) is 3. The van der Waals surface area contributed by atoms with Crippen molar-refractivity contribution in [3.63, 3.8) is 0 Å². The second-order valence-corrected chi connectivity index (χ2v) is 7.97. The number of nitrogens with zero attached hydrogens (tertiary/aromatic N) is 4. The molecule has 0 unspecified atom stereocenters. The standard InChI is InChI=1S/C23H27N5O2/c1-16-9-11-17(12-10-16)15-24-22(29)20-18-7-4-5-13-27(18)21(25-20)19-8-6-14-28(19)23(30)26(2)3/h4-5,7,9-13,19H,6,8,14-15H2,1-3H3,(H,24,29)/t19-/m0/s1. The number of benzene rings is 1. The van der Waals surface area contributed by atoms with Gasteiger partial charge < -0.3 is 19.5 Å². The Morgan fingerprint density at radius 2 is 1.93 bits per heavy atom. The Bertz CT molecular complexity index is 1070. The molecule has 1 N–H and O–H groups in total. The molecule has 30 heavy (non-hydrogen) atoms. The number of hydrogen-bond donors (Lipinski definition) is 1. The molecule has 0 spiro atoms. The maximum atomic E-state index is 13.0. The summed E-state index contributed by atoms with van der Waals surface area (Å²) in [6, 6.07) is 13.6. The fourth-order valence-corrected chi connectivity index (χ4v) is 3.96. The van der Waals surface area contributed by atoms with Crippen LogP contribution in [0.3, 0.4) is 0 Å². The molecule has 0 radical (unpaired) electrons. The van der Waals surface area contributed by atoms with Crippen molar-refractivity contribution in [3.8, 4) is 0 Å². The van der Waals surface area contributed by atoms with Crippen LogP contribution in [0.25, 0.3) is 5.52 Å². The minimum Gasteiger partial charge on any atom is -0.347 e. The van der Waals surface area contributed by atoms with Crippen LogP contribution in [0.5, 0.6) is 0 Å². The number of nitrogens with one attached hydrogen (secondary N) is 1. The largest absolute Gasteiger partial charge is 0.347 e. The van der Waals surface area contributed by atoms with Crippen molar-refractivity contribution in [2.24, 2.45) is 0 Å². The summed E-state index contributed by atoms with van der Waals surface area (Å²) in [5.41, 5.74) is 3.36. The molecule has 3 aromatic rings. The summed E-state index contributed by atoms with van der Waals surface area (Å²) < 4.78 is 1.94. The average Bonchev–Trinajstić information content (AvgIpc) is 3.37. The van der Waals surface area contributed by atoms with E-state index < -0.39 is 0 Å². The Kier molecular flexibility index (Phi) is 5.44. The molecule has 0 bridgehead atoms. The first-order valence-electron chi connectivity index (χ1n) is 10.2. The maximum Gasteiger partial charge on any atom is 0.320 e. The Hall–Kier alpha value is -3.35. The number of aryl methyl sites for hydroxylation is 1. The second kappa shape index (κ2) is 8.18. The summed E-state index contributed by atoms with van der Waals surface area (Å²) in [6.45, 7) is 3.17. The molecule has 7 heteroatoms. The predicted octanol–water partition coefficient (Wildman–Crippen LogP) is 3.39. The molecule has 1 atom stereocenters. The van der Waals surface area contributed by atoms with Crippen LogP contribution in [0, 0.1) is 6.92 Å². The van der Waals surface area contributed by atoms with E-state index in [1.807, 2.05) is 64.9 Å². The number of aromatic nitrogens is 2. The van der Waals surface area contributed by atoms with Gasteiger partial charge in [-0.15, -0.1) is 0 Å². The number of amides is 3. The molecule has 3 heterocycles. The van der Waals surface area contributed by atoms with Gasteiger partial charge in [-0.25, -0.2) is 9.78 Å². The number of carbonyl (C=O) groups is 2. The molecule has 0 saturated carbocycles. The Labute approximate surface area is 176 Å². The number of carbonyl (C=O) groups excluding carboxylic acids is 2. The van der Waals surface area contributed by atoms with Crippen LogP contribution >= 0.6 is 0 Å². The lowest BCUT2D eigenvalue weighted by molar-refractivity contribution is 0.0948. The molecule has 1 fully saturated rings. The Balaban J connectivity index is 1.63. The van der Waals surface area contributed by atoms with E-state index in [-0.39, 0.29) is 18.0 Å². The smallest absolute Gasteiger partial charge is 0.320 e. The van der Waals surface area contributed by atoms with Crippen LogP contribution in [-0.2, 0) is 6.54 Å². The predicted molar refractivity (Wildman–Crippen MR) is 115 cm³/mol. The third-order valence-corrected chi connectivity index (χ3v) is 5.54. The molecule has 3 amide bonds. The molecule has 0 aliphatic carbocycles. The minimum atomic E-state index is -0.214. The van der Waals surface area contributed by atoms with Gasteiger partial charge in [-0.3, -0.25) is 4.79 Å². The maximum absolute atomic E-state index is 13.0. The number of fused-ring (bicyclic) bond motifs is 1. The Morgan fingerprint density at radius 3 is 2.67 bits per heavy atom. The second-order valence-electron chi connectivity index (χ2n) is 7.97. The van der Waals surface area contributed by atoms with E-state index in [2.05, 4.69) is 5.32 Å². The lowest BCUT2D eigenvalue weighted by atomic mass is 10.1. The first-order valence-corrected chi connectivity index (χ1v) is 10.2. The van der Waals surface area contributed by atoms with Gasteiger partial charge in [0, 0.05) is 33.4 Å². The van der Waals surface area contributed by atoms with Crippen LogP contribution < -0.4 is 5.32 Å². The van der Waals surface area contributed by atoms with Crippen molar-refractivity contribution in [1.29, 1.82) is 0 Å². The van der Waals surface area contributed by atoms with Crippen LogP contribution in [0.2, 0.25) is 0 Å². The number of imidazole rings is 1. The highest BCUT2D eigenvalue weighted by molar-refractivity contribution is 5.99. The lowest BCUT2D eigenvalue weighted by Gasteiger charge is -2.27. The van der Waals surface area contributed by atoms with E-state index in [9.17, 15) is 9.59 Å². The number of pyridine rings is 1. The molecule has 7 nitrogen and oxygen atoms in total. The summed E-state index contributed by atoms with van der Waals surface area (Å²) >= 11 is 0. The van der Waals surface area contributed by atoms with E-state index in [0.717, 1.165) is 29.7 Å². The first kappa shape index (κ1) is 19.9. The van der Waals surface area contributed by atoms with Crippen LogP contribution in [0.1, 0.15) is 46.3 Å². The molecule has 1 aliphatic heterocycles. The molecule has 2 aromatic heterocycles. The zero-order valence-corrected chi connectivity index (χ0v) is 17.6. The van der Waals surface area contributed by atoms with E-state index in [1.165, 1.54) is 5.56 Å². The summed E-state index contributed by atoms with van der Waals surface area (Å²) in [7, 11) is 3.51. The molecule has 1 aromatic carbocycles. The van der Waals surface area contributed by atoms with Crippen LogP contribution in [0.4, 0.5) is 4.79 Å². The highest BCUT2D eigenvalue weighted by Gasteiger charge is 2.34. The van der Waals surface area contributed by atoms with Crippen molar-refractivity contribution >= 4 is 17.5 Å². The zero-order chi connectivity index (χ0) is 21.3. The van der Waals surface area contributed by atoms with Gasteiger partial charge in [-0.2, -0.15) is 0 Å². The minimum absolute atomic E-state index is 0.0319. The monoisotopic (exact) mass is 405 g/mol. The molecule has 1 aliphatic rings. The van der Waals surface area contributed by atoms with E-state index in [4.69, 9.17) is 4.98 Å². The van der Waals surface area contributed by atoms with Gasteiger partial charge in [0.1, 0.15) is 5.82 Å². The van der Waals surface area contributed by atoms with Gasteiger partial charge >= 0.3 is 6.03 Å². The van der Waals surface area contributed by atoms with E-state index in [0.29, 0.717) is 18.8 Å². The fraction of sp³-hybridized carbons (Fsp3) is 0.348. The SMILES string of the molecule is Cc1ccc(CNC(=O)c2nc([C@@H]3CCCN3C(=O)N(C)C)n3ccccc23)cc1. The van der Waals surface area contributed by atoms with Gasteiger partial charge in [0.15, 0.2) is 5.69 Å². The molecule has 4 rings (SSSR count). The molecular formula is C23H27N5O2. The van der Waals surface area contributed by atoms with Crippen LogP contribution in [-0.4, -0.2) is 51.8 Å². The number of urea groups is 1. The topological polar surface area (TPSA) is 70.0 Å². The van der Waals surface area contributed by atoms with Crippen LogP contribution in [0.15, 0.2) is 48.7 Å². The van der Waals surface area contributed by atoms with Crippen molar-refractivity contribution in [2.75, 3.05) is 20.6 Å². The molecule has 156 valence electrons. The van der Waals surface area contributed by atoms with E-state index >= 15 is 0 Å². The van der Waals surface area contributed by atoms with Gasteiger partial charge in [-0.1, -0.05) is 35.9 Å². The molecule has 1 saturated heterocycles. The molecular weight excluding hydrogens is 378 g/mol. The zero-order valence-electron chi connectivity index (χ0n) is 17.6.